The van der Waals surface area contributed by atoms with E-state index in [2.05, 4.69) is 12.2 Å². The molecule has 0 aliphatic heterocycles. The fraction of sp³-hybridized carbons (Fsp3) is 0.636. The van der Waals surface area contributed by atoms with E-state index in [0.29, 0.717) is 11.8 Å². The highest BCUT2D eigenvalue weighted by molar-refractivity contribution is 7.13. The predicted molar refractivity (Wildman–Crippen MR) is 65.0 cm³/mol. The summed E-state index contributed by atoms with van der Waals surface area (Å²) in [6.07, 6.45) is 2.33. The van der Waals surface area contributed by atoms with E-state index >= 15 is 0 Å². The topological polar surface area (TPSA) is 55.2 Å². The first-order chi connectivity index (χ1) is 7.72. The monoisotopic (exact) mass is 240 g/mol. The van der Waals surface area contributed by atoms with Crippen LogP contribution >= 0.6 is 11.3 Å². The van der Waals surface area contributed by atoms with Crippen LogP contribution in [0.25, 0.3) is 0 Å². The molecule has 1 aliphatic rings. The molecule has 0 spiro atoms. The Balaban J connectivity index is 1.83. The van der Waals surface area contributed by atoms with E-state index in [-0.39, 0.29) is 9.92 Å². The highest BCUT2D eigenvalue weighted by Crippen LogP contribution is 2.48. The van der Waals surface area contributed by atoms with E-state index in [1.807, 2.05) is 5.38 Å². The summed E-state index contributed by atoms with van der Waals surface area (Å²) in [5.41, 5.74) is 1.15. The summed E-state index contributed by atoms with van der Waals surface area (Å²) >= 11 is 1.24. The van der Waals surface area contributed by atoms with E-state index in [4.69, 9.17) is 0 Å². The molecule has 0 saturated heterocycles. The summed E-state index contributed by atoms with van der Waals surface area (Å²) in [6, 6.07) is 1.73. The molecule has 0 bridgehead atoms. The predicted octanol–water partition coefficient (Wildman–Crippen LogP) is 2.76. The van der Waals surface area contributed by atoms with E-state index < -0.39 is 0 Å². The molecule has 4 nitrogen and oxygen atoms in total. The van der Waals surface area contributed by atoms with Crippen molar-refractivity contribution in [3.05, 3.63) is 27.1 Å². The maximum absolute atomic E-state index is 10.6. The second-order valence-electron chi connectivity index (χ2n) is 4.28. The molecular weight excluding hydrogens is 224 g/mol. The maximum Gasteiger partial charge on any atom is 0.324 e. The number of rotatable bonds is 6. The van der Waals surface area contributed by atoms with Crippen molar-refractivity contribution in [1.29, 1.82) is 0 Å². The highest BCUT2D eigenvalue weighted by Gasteiger charge is 2.38. The Morgan fingerprint density at radius 2 is 2.50 bits per heavy atom. The molecule has 1 fully saturated rings. The summed E-state index contributed by atoms with van der Waals surface area (Å²) in [7, 11) is 0. The first-order valence-electron chi connectivity index (χ1n) is 5.66. The Morgan fingerprint density at radius 3 is 3.12 bits per heavy atom. The van der Waals surface area contributed by atoms with Crippen molar-refractivity contribution >= 4 is 16.3 Å². The van der Waals surface area contributed by atoms with Crippen LogP contribution in [-0.2, 0) is 0 Å². The van der Waals surface area contributed by atoms with Gasteiger partial charge in [-0.05, 0) is 43.3 Å². The first kappa shape index (κ1) is 11.5. The van der Waals surface area contributed by atoms with Gasteiger partial charge in [-0.15, -0.1) is 0 Å². The van der Waals surface area contributed by atoms with E-state index in [0.717, 1.165) is 25.1 Å². The summed E-state index contributed by atoms with van der Waals surface area (Å²) in [6.45, 7) is 4.26. The zero-order valence-corrected chi connectivity index (χ0v) is 10.1. The number of thiophene rings is 1. The molecule has 1 aromatic rings. The molecule has 1 aliphatic carbocycles. The Bertz CT molecular complexity index is 378. The average Bonchev–Trinajstić information content (AvgIpc) is 2.85. The van der Waals surface area contributed by atoms with Gasteiger partial charge < -0.3 is 5.32 Å². The van der Waals surface area contributed by atoms with Gasteiger partial charge in [0.05, 0.1) is 4.92 Å². The van der Waals surface area contributed by atoms with E-state index in [9.17, 15) is 10.1 Å². The van der Waals surface area contributed by atoms with Crippen LogP contribution < -0.4 is 5.32 Å². The lowest BCUT2D eigenvalue weighted by atomic mass is 10.2. The lowest BCUT2D eigenvalue weighted by Gasteiger charge is -2.00. The van der Waals surface area contributed by atoms with Gasteiger partial charge in [0.1, 0.15) is 0 Å². The largest absolute Gasteiger partial charge is 0.324 e. The van der Waals surface area contributed by atoms with Crippen molar-refractivity contribution in [2.75, 3.05) is 13.1 Å². The van der Waals surface area contributed by atoms with Gasteiger partial charge in [0, 0.05) is 11.4 Å². The second-order valence-corrected chi connectivity index (χ2v) is 5.17. The van der Waals surface area contributed by atoms with E-state index in [1.165, 1.54) is 17.8 Å². The van der Waals surface area contributed by atoms with Gasteiger partial charge >= 0.3 is 5.00 Å². The Labute approximate surface area is 98.8 Å². The van der Waals surface area contributed by atoms with E-state index in [1.54, 1.807) is 6.07 Å². The summed E-state index contributed by atoms with van der Waals surface area (Å²) in [5, 5.41) is 16.1. The van der Waals surface area contributed by atoms with Crippen molar-refractivity contribution in [3.63, 3.8) is 0 Å². The molecule has 1 N–H and O–H groups in total. The molecule has 1 heterocycles. The SMILES string of the molecule is CCCNCC1CC1c1csc([N+](=O)[O-])c1. The molecule has 0 aromatic carbocycles. The standard InChI is InChI=1S/C11H16N2O2S/c1-2-3-12-6-8-4-10(8)9-5-11(13(14)15)16-7-9/h5,7-8,10,12H,2-4,6H2,1H3. The minimum atomic E-state index is -0.305. The molecular formula is C11H16N2O2S. The molecule has 88 valence electrons. The zero-order valence-electron chi connectivity index (χ0n) is 9.31. The number of nitrogens with one attached hydrogen (secondary N) is 1. The number of nitrogens with zero attached hydrogens (tertiary/aromatic N) is 1. The molecule has 16 heavy (non-hydrogen) atoms. The van der Waals surface area contributed by atoms with Crippen LogP contribution in [0.4, 0.5) is 5.00 Å². The first-order valence-corrected chi connectivity index (χ1v) is 6.54. The molecule has 2 unspecified atom stereocenters. The average molecular weight is 240 g/mol. The third kappa shape index (κ3) is 2.59. The van der Waals surface area contributed by atoms with Crippen molar-refractivity contribution in [3.8, 4) is 0 Å². The summed E-state index contributed by atoms with van der Waals surface area (Å²) in [5.74, 6) is 1.23. The third-order valence-electron chi connectivity index (χ3n) is 2.97. The van der Waals surface area contributed by atoms with Crippen LogP contribution in [0.2, 0.25) is 0 Å². The molecule has 0 amide bonds. The molecule has 5 heteroatoms. The van der Waals surface area contributed by atoms with Crippen LogP contribution in [-0.4, -0.2) is 18.0 Å². The van der Waals surface area contributed by atoms with Crippen molar-refractivity contribution in [1.82, 2.24) is 5.32 Å². The molecule has 1 saturated carbocycles. The van der Waals surface area contributed by atoms with Gasteiger partial charge in [0.2, 0.25) is 0 Å². The Morgan fingerprint density at radius 1 is 1.69 bits per heavy atom. The van der Waals surface area contributed by atoms with Gasteiger partial charge in [-0.1, -0.05) is 18.3 Å². The minimum Gasteiger partial charge on any atom is -0.316 e. The number of hydrogen-bond acceptors (Lipinski definition) is 4. The quantitative estimate of drug-likeness (QED) is 0.472. The second kappa shape index (κ2) is 4.93. The number of hydrogen-bond donors (Lipinski definition) is 1. The number of nitro groups is 1. The van der Waals surface area contributed by atoms with Crippen LogP contribution in [0, 0.1) is 16.0 Å². The van der Waals surface area contributed by atoms with Crippen molar-refractivity contribution < 1.29 is 4.92 Å². The van der Waals surface area contributed by atoms with Crippen molar-refractivity contribution in [2.45, 2.75) is 25.7 Å². The maximum atomic E-state index is 10.6. The highest BCUT2D eigenvalue weighted by atomic mass is 32.1. The van der Waals surface area contributed by atoms with Crippen LogP contribution in [0.5, 0.6) is 0 Å². The van der Waals surface area contributed by atoms with Gasteiger partial charge in [-0.3, -0.25) is 10.1 Å². The van der Waals surface area contributed by atoms with Crippen molar-refractivity contribution in [2.24, 2.45) is 5.92 Å². The molecule has 2 atom stereocenters. The smallest absolute Gasteiger partial charge is 0.316 e. The normalized spacial score (nSPS) is 23.3. The third-order valence-corrected chi connectivity index (χ3v) is 3.87. The van der Waals surface area contributed by atoms with Crippen LogP contribution in [0.1, 0.15) is 31.2 Å². The van der Waals surface area contributed by atoms with Crippen LogP contribution in [0.3, 0.4) is 0 Å². The molecule has 1 aromatic heterocycles. The lowest BCUT2D eigenvalue weighted by molar-refractivity contribution is -0.380. The Kier molecular flexibility index (Phi) is 3.56. The zero-order chi connectivity index (χ0) is 11.5. The Hall–Kier alpha value is -0.940. The minimum absolute atomic E-state index is 0.266. The fourth-order valence-electron chi connectivity index (χ4n) is 1.97. The fourth-order valence-corrected chi connectivity index (χ4v) is 2.76. The van der Waals surface area contributed by atoms with Gasteiger partial charge in [-0.25, -0.2) is 0 Å². The summed E-state index contributed by atoms with van der Waals surface area (Å²) < 4.78 is 0. The van der Waals surface area contributed by atoms with Gasteiger partial charge in [0.25, 0.3) is 0 Å². The molecule has 2 rings (SSSR count). The van der Waals surface area contributed by atoms with Gasteiger partial charge in [-0.2, -0.15) is 0 Å². The van der Waals surface area contributed by atoms with Gasteiger partial charge in [0.15, 0.2) is 0 Å². The summed E-state index contributed by atoms with van der Waals surface area (Å²) in [4.78, 5) is 10.2. The lowest BCUT2D eigenvalue weighted by Crippen LogP contribution is -2.17. The van der Waals surface area contributed by atoms with Crippen LogP contribution in [0.15, 0.2) is 11.4 Å². The molecule has 0 radical (unpaired) electrons.